The highest BCUT2D eigenvalue weighted by atomic mass is 35.5. The lowest BCUT2D eigenvalue weighted by Gasteiger charge is -2.36. The predicted molar refractivity (Wildman–Crippen MR) is 111 cm³/mol. The van der Waals surface area contributed by atoms with Gasteiger partial charge in [-0.1, -0.05) is 35.9 Å². The average molecular weight is 438 g/mol. The third-order valence-corrected chi connectivity index (χ3v) is 5.48. The van der Waals surface area contributed by atoms with Crippen molar-refractivity contribution in [1.82, 2.24) is 14.8 Å². The molecule has 1 aromatic heterocycles. The summed E-state index contributed by atoms with van der Waals surface area (Å²) in [6, 6.07) is 9.10. The number of hydrogen-bond acceptors (Lipinski definition) is 3. The van der Waals surface area contributed by atoms with Gasteiger partial charge in [-0.15, -0.1) is 0 Å². The molecule has 0 bridgehead atoms. The molecule has 1 amide bonds. The van der Waals surface area contributed by atoms with Crippen molar-refractivity contribution in [2.24, 2.45) is 0 Å². The monoisotopic (exact) mass is 437 g/mol. The van der Waals surface area contributed by atoms with Gasteiger partial charge in [0.25, 0.3) is 0 Å². The summed E-state index contributed by atoms with van der Waals surface area (Å²) in [5, 5.41) is 0.398. The third kappa shape index (κ3) is 6.06. The van der Waals surface area contributed by atoms with E-state index in [1.54, 1.807) is 35.4 Å². The minimum Gasteiger partial charge on any atom is -0.339 e. The first-order valence-electron chi connectivity index (χ1n) is 9.67. The largest absolute Gasteiger partial charge is 0.416 e. The van der Waals surface area contributed by atoms with E-state index in [1.807, 2.05) is 7.05 Å². The van der Waals surface area contributed by atoms with E-state index in [9.17, 15) is 18.0 Å². The van der Waals surface area contributed by atoms with Gasteiger partial charge in [-0.2, -0.15) is 13.2 Å². The van der Waals surface area contributed by atoms with Gasteiger partial charge in [0.05, 0.1) is 5.56 Å². The van der Waals surface area contributed by atoms with E-state index in [2.05, 4.69) is 9.88 Å². The molecule has 0 radical (unpaired) electrons. The lowest BCUT2D eigenvalue weighted by molar-refractivity contribution is -0.137. The normalized spacial score (nSPS) is 15.9. The van der Waals surface area contributed by atoms with E-state index in [0.717, 1.165) is 24.5 Å². The number of alkyl halides is 3. The molecule has 2 heterocycles. The summed E-state index contributed by atoms with van der Waals surface area (Å²) in [6.45, 7) is 1.66. The highest BCUT2D eigenvalue weighted by Crippen LogP contribution is 2.30. The van der Waals surface area contributed by atoms with Gasteiger partial charge in [0.1, 0.15) is 5.15 Å². The van der Waals surface area contributed by atoms with Crippen LogP contribution in [-0.4, -0.2) is 46.9 Å². The zero-order valence-corrected chi connectivity index (χ0v) is 17.3. The molecule has 0 saturated carbocycles. The van der Waals surface area contributed by atoms with Crippen LogP contribution in [0.2, 0.25) is 5.15 Å². The fourth-order valence-corrected chi connectivity index (χ4v) is 3.66. The summed E-state index contributed by atoms with van der Waals surface area (Å²) in [4.78, 5) is 20.2. The van der Waals surface area contributed by atoms with Crippen LogP contribution in [0.4, 0.5) is 13.2 Å². The summed E-state index contributed by atoms with van der Waals surface area (Å²) in [5.74, 6) is -0.0658. The standard InChI is InChI=1S/C22H23ClF3N3O/c1-28(15-17-3-2-4-18(13-17)22(24,25)26)19-9-11-29(12-10-19)21(30)8-6-16-5-7-20(23)27-14-16/h2-8,13-14,19H,9-12,15H2,1H3. The van der Waals surface area contributed by atoms with Gasteiger partial charge < -0.3 is 4.90 Å². The van der Waals surface area contributed by atoms with Gasteiger partial charge >= 0.3 is 6.18 Å². The molecule has 1 fully saturated rings. The van der Waals surface area contributed by atoms with E-state index in [-0.39, 0.29) is 11.9 Å². The number of carbonyl (C=O) groups excluding carboxylic acids is 1. The molecular weight excluding hydrogens is 415 g/mol. The van der Waals surface area contributed by atoms with Crippen LogP contribution in [0.25, 0.3) is 6.08 Å². The number of nitrogens with zero attached hydrogens (tertiary/aromatic N) is 3. The average Bonchev–Trinajstić information content (AvgIpc) is 2.73. The second kappa shape index (κ2) is 9.62. The number of carbonyl (C=O) groups is 1. The van der Waals surface area contributed by atoms with Crippen molar-refractivity contribution in [2.75, 3.05) is 20.1 Å². The summed E-state index contributed by atoms with van der Waals surface area (Å²) >= 11 is 5.75. The number of hydrogen-bond donors (Lipinski definition) is 0. The van der Waals surface area contributed by atoms with Crippen LogP contribution in [0.5, 0.6) is 0 Å². The number of halogens is 4. The molecule has 0 unspecified atom stereocenters. The number of aromatic nitrogens is 1. The summed E-state index contributed by atoms with van der Waals surface area (Å²) in [6.07, 6.45) is 2.04. The molecular formula is C22H23ClF3N3O. The molecule has 2 aromatic rings. The molecule has 0 N–H and O–H groups in total. The first-order chi connectivity index (χ1) is 14.2. The molecule has 30 heavy (non-hydrogen) atoms. The fourth-order valence-electron chi connectivity index (χ4n) is 3.55. The minimum atomic E-state index is -4.34. The van der Waals surface area contributed by atoms with Gasteiger partial charge in [0.15, 0.2) is 0 Å². The van der Waals surface area contributed by atoms with Crippen LogP contribution in [0.15, 0.2) is 48.7 Å². The van der Waals surface area contributed by atoms with Gasteiger partial charge in [0.2, 0.25) is 5.91 Å². The molecule has 1 aliphatic heterocycles. The molecule has 3 rings (SSSR count). The van der Waals surface area contributed by atoms with Crippen molar-refractivity contribution in [3.05, 3.63) is 70.5 Å². The molecule has 160 valence electrons. The topological polar surface area (TPSA) is 36.4 Å². The van der Waals surface area contributed by atoms with E-state index in [4.69, 9.17) is 11.6 Å². The van der Waals surface area contributed by atoms with Crippen molar-refractivity contribution in [1.29, 1.82) is 0 Å². The van der Waals surface area contributed by atoms with Crippen LogP contribution in [0.3, 0.4) is 0 Å². The summed E-state index contributed by atoms with van der Waals surface area (Å²) in [5.41, 5.74) is 0.797. The zero-order chi connectivity index (χ0) is 21.7. The van der Waals surface area contributed by atoms with Crippen LogP contribution >= 0.6 is 11.6 Å². The van der Waals surface area contributed by atoms with Crippen LogP contribution < -0.4 is 0 Å². The molecule has 1 aromatic carbocycles. The van der Waals surface area contributed by atoms with Crippen LogP contribution in [-0.2, 0) is 17.5 Å². The Hall–Kier alpha value is -2.38. The first kappa shape index (κ1) is 22.3. The summed E-state index contributed by atoms with van der Waals surface area (Å²) < 4.78 is 38.7. The molecule has 8 heteroatoms. The van der Waals surface area contributed by atoms with Gasteiger partial charge in [-0.3, -0.25) is 9.69 Å². The summed E-state index contributed by atoms with van der Waals surface area (Å²) in [7, 11) is 1.91. The van der Waals surface area contributed by atoms with E-state index in [1.165, 1.54) is 18.2 Å². The van der Waals surface area contributed by atoms with Gasteiger partial charge in [0, 0.05) is 37.9 Å². The first-order valence-corrected chi connectivity index (χ1v) is 10.0. The Morgan fingerprint density at radius 2 is 2.00 bits per heavy atom. The number of piperidine rings is 1. The second-order valence-corrected chi connectivity index (χ2v) is 7.80. The van der Waals surface area contributed by atoms with Crippen molar-refractivity contribution in [3.63, 3.8) is 0 Å². The smallest absolute Gasteiger partial charge is 0.339 e. The molecule has 1 saturated heterocycles. The number of likely N-dealkylation sites (tertiary alicyclic amines) is 1. The Balaban J connectivity index is 1.51. The van der Waals surface area contributed by atoms with Crippen molar-refractivity contribution in [2.45, 2.75) is 31.6 Å². The maximum absolute atomic E-state index is 12.9. The second-order valence-electron chi connectivity index (χ2n) is 7.42. The third-order valence-electron chi connectivity index (χ3n) is 5.25. The Kier molecular flexibility index (Phi) is 7.15. The van der Waals surface area contributed by atoms with E-state index >= 15 is 0 Å². The highest BCUT2D eigenvalue weighted by Gasteiger charge is 2.30. The lowest BCUT2D eigenvalue weighted by Crippen LogP contribution is -2.44. The van der Waals surface area contributed by atoms with Crippen molar-refractivity contribution >= 4 is 23.6 Å². The maximum Gasteiger partial charge on any atom is 0.416 e. The zero-order valence-electron chi connectivity index (χ0n) is 16.6. The number of rotatable bonds is 5. The molecule has 0 aliphatic carbocycles. The highest BCUT2D eigenvalue weighted by molar-refractivity contribution is 6.29. The predicted octanol–water partition coefficient (Wildman–Crippen LogP) is 4.89. The van der Waals surface area contributed by atoms with Crippen LogP contribution in [0.1, 0.15) is 29.5 Å². The lowest BCUT2D eigenvalue weighted by atomic mass is 10.0. The fraction of sp³-hybridized carbons (Fsp3) is 0.364. The quantitative estimate of drug-likeness (QED) is 0.493. The number of amides is 1. The Bertz CT molecular complexity index is 891. The van der Waals surface area contributed by atoms with Gasteiger partial charge in [-0.25, -0.2) is 4.98 Å². The number of benzene rings is 1. The molecule has 0 spiro atoms. The maximum atomic E-state index is 12.9. The van der Waals surface area contributed by atoms with Crippen molar-refractivity contribution < 1.29 is 18.0 Å². The van der Waals surface area contributed by atoms with Crippen molar-refractivity contribution in [3.8, 4) is 0 Å². The van der Waals surface area contributed by atoms with Gasteiger partial charge in [-0.05, 0) is 49.2 Å². The SMILES string of the molecule is CN(Cc1cccc(C(F)(F)F)c1)C1CCN(C(=O)C=Cc2ccc(Cl)nc2)CC1. The Morgan fingerprint density at radius 1 is 1.27 bits per heavy atom. The van der Waals surface area contributed by atoms with Crippen LogP contribution in [0, 0.1) is 0 Å². The Morgan fingerprint density at radius 3 is 2.63 bits per heavy atom. The molecule has 0 atom stereocenters. The minimum absolute atomic E-state index is 0.0658. The number of pyridine rings is 1. The van der Waals surface area contributed by atoms with E-state index in [0.29, 0.717) is 30.4 Å². The van der Waals surface area contributed by atoms with E-state index < -0.39 is 11.7 Å². The molecule has 1 aliphatic rings. The Labute approximate surface area is 179 Å². The molecule has 4 nitrogen and oxygen atoms in total.